The Bertz CT molecular complexity index is 411. The Morgan fingerprint density at radius 1 is 1.12 bits per heavy atom. The molecule has 1 aliphatic heterocycles. The molecule has 2 nitrogen and oxygen atoms in total. The molecule has 0 aromatic heterocycles. The molecule has 0 radical (unpaired) electrons. The SMILES string of the molecule is N#Cc1ccc(C(=S)N2CCCCC2)cc1. The molecule has 1 aliphatic rings. The molecule has 16 heavy (non-hydrogen) atoms. The standard InChI is InChI=1S/C13H14N2S/c14-10-11-4-6-12(7-5-11)13(16)15-8-2-1-3-9-15/h4-7H,1-3,8-9H2. The molecular weight excluding hydrogens is 216 g/mol. The molecule has 1 aromatic rings. The van der Waals surface area contributed by atoms with Crippen molar-refractivity contribution in [1.82, 2.24) is 4.90 Å². The third-order valence-electron chi connectivity index (χ3n) is 2.90. The van der Waals surface area contributed by atoms with E-state index in [4.69, 9.17) is 17.5 Å². The van der Waals surface area contributed by atoms with Crippen molar-refractivity contribution in [1.29, 1.82) is 5.26 Å². The summed E-state index contributed by atoms with van der Waals surface area (Å²) < 4.78 is 0. The molecule has 2 rings (SSSR count). The van der Waals surface area contributed by atoms with Gasteiger partial charge in [0.05, 0.1) is 11.6 Å². The summed E-state index contributed by atoms with van der Waals surface area (Å²) in [5, 5.41) is 8.72. The van der Waals surface area contributed by atoms with Gasteiger partial charge in [-0.25, -0.2) is 0 Å². The Kier molecular flexibility index (Phi) is 3.53. The van der Waals surface area contributed by atoms with Gasteiger partial charge in [-0.15, -0.1) is 0 Å². The summed E-state index contributed by atoms with van der Waals surface area (Å²) in [5.74, 6) is 0. The molecule has 0 atom stereocenters. The molecule has 0 unspecified atom stereocenters. The molecule has 1 aromatic carbocycles. The Hall–Kier alpha value is -1.40. The van der Waals surface area contributed by atoms with E-state index in [2.05, 4.69) is 11.0 Å². The van der Waals surface area contributed by atoms with Crippen LogP contribution in [0.15, 0.2) is 24.3 Å². The van der Waals surface area contributed by atoms with E-state index < -0.39 is 0 Å². The number of hydrogen-bond donors (Lipinski definition) is 0. The molecule has 82 valence electrons. The highest BCUT2D eigenvalue weighted by molar-refractivity contribution is 7.80. The summed E-state index contributed by atoms with van der Waals surface area (Å²) in [4.78, 5) is 3.18. The highest BCUT2D eigenvalue weighted by atomic mass is 32.1. The third kappa shape index (κ3) is 2.40. The number of thiocarbonyl (C=S) groups is 1. The molecule has 3 heteroatoms. The van der Waals surface area contributed by atoms with Gasteiger partial charge in [0.15, 0.2) is 0 Å². The van der Waals surface area contributed by atoms with Gasteiger partial charge >= 0.3 is 0 Å². The zero-order chi connectivity index (χ0) is 11.4. The van der Waals surface area contributed by atoms with E-state index in [1.165, 1.54) is 19.3 Å². The van der Waals surface area contributed by atoms with Gasteiger partial charge in [-0.05, 0) is 31.4 Å². The van der Waals surface area contributed by atoms with Gasteiger partial charge in [0.25, 0.3) is 0 Å². The van der Waals surface area contributed by atoms with Crippen molar-refractivity contribution in [2.45, 2.75) is 19.3 Å². The van der Waals surface area contributed by atoms with Crippen LogP contribution in [0.25, 0.3) is 0 Å². The normalized spacial score (nSPS) is 15.6. The summed E-state index contributed by atoms with van der Waals surface area (Å²) in [5.41, 5.74) is 1.74. The lowest BCUT2D eigenvalue weighted by Crippen LogP contribution is -2.34. The number of hydrogen-bond acceptors (Lipinski definition) is 2. The van der Waals surface area contributed by atoms with Crippen molar-refractivity contribution < 1.29 is 0 Å². The van der Waals surface area contributed by atoms with Crippen LogP contribution in [-0.2, 0) is 0 Å². The second-order valence-electron chi connectivity index (χ2n) is 4.04. The smallest absolute Gasteiger partial charge is 0.109 e. The van der Waals surface area contributed by atoms with E-state index in [0.29, 0.717) is 5.56 Å². The van der Waals surface area contributed by atoms with E-state index >= 15 is 0 Å². The minimum absolute atomic E-state index is 0.685. The van der Waals surface area contributed by atoms with Gasteiger partial charge in [0.2, 0.25) is 0 Å². The summed E-state index contributed by atoms with van der Waals surface area (Å²) in [6, 6.07) is 9.65. The van der Waals surface area contributed by atoms with Crippen molar-refractivity contribution >= 4 is 17.2 Å². The maximum atomic E-state index is 8.72. The minimum Gasteiger partial charge on any atom is -0.362 e. The molecule has 0 saturated carbocycles. The summed E-state index contributed by atoms with van der Waals surface area (Å²) in [6.07, 6.45) is 3.78. The second kappa shape index (κ2) is 5.09. The fourth-order valence-corrected chi connectivity index (χ4v) is 2.29. The predicted molar refractivity (Wildman–Crippen MR) is 68.3 cm³/mol. The average Bonchev–Trinajstić information content (AvgIpc) is 2.39. The lowest BCUT2D eigenvalue weighted by Gasteiger charge is -2.29. The first-order valence-electron chi connectivity index (χ1n) is 5.61. The molecule has 0 aliphatic carbocycles. The van der Waals surface area contributed by atoms with Gasteiger partial charge in [0, 0.05) is 18.7 Å². The first kappa shape index (κ1) is 11.1. The molecule has 1 saturated heterocycles. The predicted octanol–water partition coefficient (Wildman–Crippen LogP) is 2.72. The fraction of sp³-hybridized carbons (Fsp3) is 0.385. The average molecular weight is 230 g/mol. The van der Waals surface area contributed by atoms with Gasteiger partial charge in [-0.2, -0.15) is 5.26 Å². The summed E-state index contributed by atoms with van der Waals surface area (Å²) in [6.45, 7) is 2.14. The lowest BCUT2D eigenvalue weighted by atomic mass is 10.1. The number of benzene rings is 1. The van der Waals surface area contributed by atoms with Crippen LogP contribution in [0.5, 0.6) is 0 Å². The Morgan fingerprint density at radius 2 is 1.75 bits per heavy atom. The molecule has 0 bridgehead atoms. The van der Waals surface area contributed by atoms with Crippen LogP contribution in [0.3, 0.4) is 0 Å². The minimum atomic E-state index is 0.685. The number of likely N-dealkylation sites (tertiary alicyclic amines) is 1. The van der Waals surface area contributed by atoms with Crippen molar-refractivity contribution in [3.8, 4) is 6.07 Å². The Balaban J connectivity index is 2.11. The maximum Gasteiger partial charge on any atom is 0.109 e. The molecule has 1 fully saturated rings. The number of nitriles is 1. The number of nitrogens with zero attached hydrogens (tertiary/aromatic N) is 2. The van der Waals surface area contributed by atoms with E-state index in [-0.39, 0.29) is 0 Å². The van der Waals surface area contributed by atoms with Crippen LogP contribution < -0.4 is 0 Å². The zero-order valence-electron chi connectivity index (χ0n) is 9.15. The fourth-order valence-electron chi connectivity index (χ4n) is 1.97. The Labute approximate surface area is 101 Å². The second-order valence-corrected chi connectivity index (χ2v) is 4.43. The summed E-state index contributed by atoms with van der Waals surface area (Å²) in [7, 11) is 0. The van der Waals surface area contributed by atoms with Crippen LogP contribution >= 0.6 is 12.2 Å². The monoisotopic (exact) mass is 230 g/mol. The number of rotatable bonds is 1. The molecule has 1 heterocycles. The van der Waals surface area contributed by atoms with Crippen LogP contribution in [-0.4, -0.2) is 23.0 Å². The zero-order valence-corrected chi connectivity index (χ0v) is 9.96. The van der Waals surface area contributed by atoms with Crippen molar-refractivity contribution in [2.24, 2.45) is 0 Å². The van der Waals surface area contributed by atoms with Crippen LogP contribution in [0, 0.1) is 11.3 Å². The van der Waals surface area contributed by atoms with Crippen molar-refractivity contribution in [3.63, 3.8) is 0 Å². The van der Waals surface area contributed by atoms with Crippen LogP contribution in [0.2, 0.25) is 0 Å². The van der Waals surface area contributed by atoms with Crippen molar-refractivity contribution in [3.05, 3.63) is 35.4 Å². The molecule has 0 amide bonds. The first-order valence-corrected chi connectivity index (χ1v) is 6.01. The lowest BCUT2D eigenvalue weighted by molar-refractivity contribution is 0.347. The van der Waals surface area contributed by atoms with E-state index in [1.807, 2.05) is 24.3 Å². The molecule has 0 spiro atoms. The largest absolute Gasteiger partial charge is 0.362 e. The summed E-state index contributed by atoms with van der Waals surface area (Å²) >= 11 is 5.46. The van der Waals surface area contributed by atoms with Gasteiger partial charge in [-0.3, -0.25) is 0 Å². The third-order valence-corrected chi connectivity index (χ3v) is 3.40. The molecule has 0 N–H and O–H groups in total. The first-order chi connectivity index (χ1) is 7.81. The van der Waals surface area contributed by atoms with E-state index in [9.17, 15) is 0 Å². The van der Waals surface area contributed by atoms with Crippen LogP contribution in [0.1, 0.15) is 30.4 Å². The Morgan fingerprint density at radius 3 is 2.31 bits per heavy atom. The maximum absolute atomic E-state index is 8.72. The van der Waals surface area contributed by atoms with E-state index in [0.717, 1.165) is 23.6 Å². The van der Waals surface area contributed by atoms with Gasteiger partial charge < -0.3 is 4.90 Å². The topological polar surface area (TPSA) is 27.0 Å². The highest BCUT2D eigenvalue weighted by Gasteiger charge is 2.14. The quantitative estimate of drug-likeness (QED) is 0.694. The van der Waals surface area contributed by atoms with E-state index in [1.54, 1.807) is 0 Å². The van der Waals surface area contributed by atoms with Gasteiger partial charge in [0.1, 0.15) is 4.99 Å². The van der Waals surface area contributed by atoms with Crippen LogP contribution in [0.4, 0.5) is 0 Å². The van der Waals surface area contributed by atoms with Gasteiger partial charge in [-0.1, -0.05) is 24.4 Å². The van der Waals surface area contributed by atoms with Crippen molar-refractivity contribution in [2.75, 3.05) is 13.1 Å². The molecular formula is C13H14N2S. The highest BCUT2D eigenvalue weighted by Crippen LogP contribution is 2.14. The number of piperidine rings is 1.